The molecule has 0 spiro atoms. The molecule has 2 saturated heterocycles. The summed E-state index contributed by atoms with van der Waals surface area (Å²) in [4.78, 5) is 17.1. The maximum atomic E-state index is 12.7. The van der Waals surface area contributed by atoms with Crippen LogP contribution in [0.1, 0.15) is 43.6 Å². The zero-order valence-electron chi connectivity index (χ0n) is 15.9. The van der Waals surface area contributed by atoms with Crippen molar-refractivity contribution in [3.8, 4) is 0 Å². The van der Waals surface area contributed by atoms with Gasteiger partial charge in [-0.1, -0.05) is 12.1 Å². The van der Waals surface area contributed by atoms with Crippen LogP contribution in [-0.2, 0) is 11.3 Å². The molecular formula is C20H31N3O2. The number of carbonyl (C=O) groups excluding carboxylic acids is 1. The summed E-state index contributed by atoms with van der Waals surface area (Å²) in [6, 6.07) is 8.82. The fourth-order valence-corrected chi connectivity index (χ4v) is 4.10. The zero-order valence-corrected chi connectivity index (χ0v) is 15.9. The number of benzene rings is 1. The van der Waals surface area contributed by atoms with Crippen LogP contribution in [0.25, 0.3) is 0 Å². The van der Waals surface area contributed by atoms with Crippen LogP contribution in [0.3, 0.4) is 0 Å². The van der Waals surface area contributed by atoms with E-state index < -0.39 is 0 Å². The molecule has 0 saturated carbocycles. The first-order valence-electron chi connectivity index (χ1n) is 9.42. The molecule has 0 unspecified atom stereocenters. The van der Waals surface area contributed by atoms with E-state index >= 15 is 0 Å². The lowest BCUT2D eigenvalue weighted by Gasteiger charge is -2.36. The SMILES string of the molecule is C[C@@H]1CN(C(=O)c2ccc(CN3C[C@H](C)O[C@@H](C)C3)cc2)C[C@H](C)N1. The summed E-state index contributed by atoms with van der Waals surface area (Å²) in [6.45, 7) is 12.9. The first-order valence-corrected chi connectivity index (χ1v) is 9.42. The highest BCUT2D eigenvalue weighted by Crippen LogP contribution is 2.16. The Labute approximate surface area is 151 Å². The molecule has 2 fully saturated rings. The number of ether oxygens (including phenoxy) is 1. The predicted molar refractivity (Wildman–Crippen MR) is 99.7 cm³/mol. The van der Waals surface area contributed by atoms with Crippen LogP contribution in [-0.4, -0.2) is 66.2 Å². The van der Waals surface area contributed by atoms with Gasteiger partial charge in [-0.15, -0.1) is 0 Å². The van der Waals surface area contributed by atoms with E-state index in [1.54, 1.807) is 0 Å². The third-order valence-corrected chi connectivity index (χ3v) is 4.95. The van der Waals surface area contributed by atoms with E-state index in [9.17, 15) is 4.79 Å². The molecule has 138 valence electrons. The Hall–Kier alpha value is -1.43. The van der Waals surface area contributed by atoms with Crippen LogP contribution < -0.4 is 5.32 Å². The standard InChI is InChI=1S/C20H31N3O2/c1-14-9-23(10-15(2)21-14)20(24)19-7-5-18(6-8-19)13-22-11-16(3)25-17(4)12-22/h5-8,14-17,21H,9-13H2,1-4H3/t14-,15+,16-,17-/m0/s1. The summed E-state index contributed by atoms with van der Waals surface area (Å²) in [5.74, 6) is 0.139. The van der Waals surface area contributed by atoms with Gasteiger partial charge in [0.25, 0.3) is 5.91 Å². The molecule has 2 aliphatic rings. The number of carbonyl (C=O) groups is 1. The number of morpholine rings is 1. The summed E-state index contributed by atoms with van der Waals surface area (Å²) in [7, 11) is 0. The highest BCUT2D eigenvalue weighted by Gasteiger charge is 2.26. The Kier molecular flexibility index (Phi) is 5.77. The second-order valence-corrected chi connectivity index (χ2v) is 7.83. The minimum atomic E-state index is 0.139. The second-order valence-electron chi connectivity index (χ2n) is 7.83. The average Bonchev–Trinajstić information content (AvgIpc) is 2.53. The molecule has 1 aromatic carbocycles. The monoisotopic (exact) mass is 345 g/mol. The molecule has 3 rings (SSSR count). The predicted octanol–water partition coefficient (Wildman–Crippen LogP) is 2.12. The summed E-state index contributed by atoms with van der Waals surface area (Å²) >= 11 is 0. The molecule has 0 bridgehead atoms. The van der Waals surface area contributed by atoms with Crippen LogP contribution in [0.5, 0.6) is 0 Å². The topological polar surface area (TPSA) is 44.8 Å². The molecule has 4 atom stereocenters. The lowest BCUT2D eigenvalue weighted by Crippen LogP contribution is -2.55. The lowest BCUT2D eigenvalue weighted by molar-refractivity contribution is -0.0704. The molecule has 2 heterocycles. The van der Waals surface area contributed by atoms with Crippen molar-refractivity contribution in [2.24, 2.45) is 0 Å². The molecule has 1 aromatic rings. The first-order chi connectivity index (χ1) is 11.9. The smallest absolute Gasteiger partial charge is 0.253 e. The van der Waals surface area contributed by atoms with Gasteiger partial charge < -0.3 is 15.0 Å². The van der Waals surface area contributed by atoms with Gasteiger partial charge in [0.2, 0.25) is 0 Å². The van der Waals surface area contributed by atoms with E-state index in [1.807, 2.05) is 17.0 Å². The maximum absolute atomic E-state index is 12.7. The summed E-state index contributed by atoms with van der Waals surface area (Å²) in [5.41, 5.74) is 2.04. The molecular weight excluding hydrogens is 314 g/mol. The van der Waals surface area contributed by atoms with E-state index in [4.69, 9.17) is 4.74 Å². The molecule has 25 heavy (non-hydrogen) atoms. The van der Waals surface area contributed by atoms with Gasteiger partial charge in [0, 0.05) is 50.4 Å². The minimum absolute atomic E-state index is 0.139. The normalized spacial score (nSPS) is 31.1. The van der Waals surface area contributed by atoms with Gasteiger partial charge in [0.1, 0.15) is 0 Å². The molecule has 5 nitrogen and oxygen atoms in total. The molecule has 0 aromatic heterocycles. The van der Waals surface area contributed by atoms with Gasteiger partial charge in [-0.3, -0.25) is 9.69 Å². The maximum Gasteiger partial charge on any atom is 0.253 e. The van der Waals surface area contributed by atoms with Crippen LogP contribution in [0.15, 0.2) is 24.3 Å². The quantitative estimate of drug-likeness (QED) is 0.911. The van der Waals surface area contributed by atoms with Crippen LogP contribution in [0, 0.1) is 0 Å². The van der Waals surface area contributed by atoms with Crippen LogP contribution in [0.2, 0.25) is 0 Å². The van der Waals surface area contributed by atoms with E-state index in [-0.39, 0.29) is 18.1 Å². The van der Waals surface area contributed by atoms with Gasteiger partial charge in [0.05, 0.1) is 12.2 Å². The Morgan fingerprint density at radius 1 is 1.00 bits per heavy atom. The number of rotatable bonds is 3. The van der Waals surface area contributed by atoms with Gasteiger partial charge >= 0.3 is 0 Å². The number of nitrogens with one attached hydrogen (secondary N) is 1. The molecule has 0 radical (unpaired) electrons. The van der Waals surface area contributed by atoms with Crippen molar-refractivity contribution < 1.29 is 9.53 Å². The number of nitrogens with zero attached hydrogens (tertiary/aromatic N) is 2. The Morgan fingerprint density at radius 3 is 2.12 bits per heavy atom. The van der Waals surface area contributed by atoms with Crippen LogP contribution in [0.4, 0.5) is 0 Å². The molecule has 0 aliphatic carbocycles. The van der Waals surface area contributed by atoms with Crippen molar-refractivity contribution in [2.75, 3.05) is 26.2 Å². The zero-order chi connectivity index (χ0) is 18.0. The van der Waals surface area contributed by atoms with Crippen molar-refractivity contribution in [2.45, 2.75) is 58.5 Å². The van der Waals surface area contributed by atoms with Crippen molar-refractivity contribution in [1.29, 1.82) is 0 Å². The molecule has 5 heteroatoms. The average molecular weight is 345 g/mol. The van der Waals surface area contributed by atoms with E-state index in [0.29, 0.717) is 12.1 Å². The molecule has 2 aliphatic heterocycles. The fraction of sp³-hybridized carbons (Fsp3) is 0.650. The third kappa shape index (κ3) is 4.81. The van der Waals surface area contributed by atoms with Gasteiger partial charge in [-0.25, -0.2) is 0 Å². The Balaban J connectivity index is 1.61. The van der Waals surface area contributed by atoms with Crippen LogP contribution >= 0.6 is 0 Å². The largest absolute Gasteiger partial charge is 0.373 e. The third-order valence-electron chi connectivity index (χ3n) is 4.95. The molecule has 1 N–H and O–H groups in total. The Bertz CT molecular complexity index is 569. The number of hydrogen-bond donors (Lipinski definition) is 1. The van der Waals surface area contributed by atoms with E-state index in [1.165, 1.54) is 5.56 Å². The van der Waals surface area contributed by atoms with Crippen molar-refractivity contribution >= 4 is 5.91 Å². The second kappa shape index (κ2) is 7.85. The highest BCUT2D eigenvalue weighted by atomic mass is 16.5. The van der Waals surface area contributed by atoms with E-state index in [0.717, 1.165) is 38.3 Å². The summed E-state index contributed by atoms with van der Waals surface area (Å²) in [5, 5.41) is 3.47. The van der Waals surface area contributed by atoms with Crippen molar-refractivity contribution in [3.05, 3.63) is 35.4 Å². The van der Waals surface area contributed by atoms with Crippen molar-refractivity contribution in [3.63, 3.8) is 0 Å². The Morgan fingerprint density at radius 2 is 1.56 bits per heavy atom. The van der Waals surface area contributed by atoms with Gasteiger partial charge in [-0.05, 0) is 45.4 Å². The fourth-order valence-electron chi connectivity index (χ4n) is 4.10. The number of amides is 1. The minimum Gasteiger partial charge on any atom is -0.373 e. The van der Waals surface area contributed by atoms with Gasteiger partial charge in [-0.2, -0.15) is 0 Å². The number of piperazine rings is 1. The summed E-state index contributed by atoms with van der Waals surface area (Å²) < 4.78 is 5.79. The first kappa shape index (κ1) is 18.4. The number of hydrogen-bond acceptors (Lipinski definition) is 4. The summed E-state index contributed by atoms with van der Waals surface area (Å²) in [6.07, 6.45) is 0.558. The molecule has 1 amide bonds. The lowest BCUT2D eigenvalue weighted by atomic mass is 10.1. The van der Waals surface area contributed by atoms with Gasteiger partial charge in [0.15, 0.2) is 0 Å². The highest BCUT2D eigenvalue weighted by molar-refractivity contribution is 5.94. The van der Waals surface area contributed by atoms with E-state index in [2.05, 4.69) is 50.0 Å². The van der Waals surface area contributed by atoms with Crippen molar-refractivity contribution in [1.82, 2.24) is 15.1 Å².